The average Bonchev–Trinajstić information content (AvgIpc) is 3.56. The van der Waals surface area contributed by atoms with Crippen LogP contribution in [0, 0.1) is 5.92 Å². The Morgan fingerprint density at radius 3 is 3.12 bits per heavy atom. The van der Waals surface area contributed by atoms with Crippen LogP contribution >= 0.6 is 11.3 Å². The number of Topliss-reactive ketones (excluding diaryl/α,β-unsaturated/α-hetero) is 1. The van der Waals surface area contributed by atoms with Crippen molar-refractivity contribution < 1.29 is 4.79 Å². The van der Waals surface area contributed by atoms with Gasteiger partial charge < -0.3 is 5.32 Å². The number of nitrogens with zero attached hydrogens (tertiary/aromatic N) is 4. The molecule has 1 unspecified atom stereocenters. The van der Waals surface area contributed by atoms with Crippen LogP contribution in [0.15, 0.2) is 46.7 Å². The smallest absolute Gasteiger partial charge is 0.142 e. The van der Waals surface area contributed by atoms with Crippen molar-refractivity contribution in [3.8, 4) is 0 Å². The minimum atomic E-state index is 0.0990. The first kappa shape index (κ1) is 19.5. The highest BCUT2D eigenvalue weighted by Crippen LogP contribution is 2.41. The number of aliphatic imine (C=N–C) groups is 2. The molecule has 6 nitrogen and oxygen atoms in total. The fourth-order valence-electron chi connectivity index (χ4n) is 4.82. The molecule has 0 saturated carbocycles. The van der Waals surface area contributed by atoms with Crippen LogP contribution in [0.1, 0.15) is 40.8 Å². The Balaban J connectivity index is 1.23. The molecule has 3 aliphatic rings. The Labute approximate surface area is 190 Å². The van der Waals surface area contributed by atoms with Gasteiger partial charge >= 0.3 is 0 Å². The van der Waals surface area contributed by atoms with E-state index in [9.17, 15) is 4.79 Å². The van der Waals surface area contributed by atoms with E-state index in [2.05, 4.69) is 43.5 Å². The maximum Gasteiger partial charge on any atom is 0.142 e. The number of hydrogen-bond donors (Lipinski definition) is 1. The zero-order chi connectivity index (χ0) is 21.5. The van der Waals surface area contributed by atoms with Crippen LogP contribution in [0.3, 0.4) is 0 Å². The number of anilines is 2. The molecule has 4 heterocycles. The largest absolute Gasteiger partial charge is 0.340 e. The lowest BCUT2D eigenvalue weighted by Crippen LogP contribution is -2.22. The summed E-state index contributed by atoms with van der Waals surface area (Å²) in [6, 6.07) is 6.32. The van der Waals surface area contributed by atoms with Crippen LogP contribution in [0.5, 0.6) is 0 Å². The SMILES string of the molecule is O=C(CCC1=NCC=C1)C1CCc2c(sc3ncnc(Nc4ccc5c(c4)C=NC5)c23)C1. The van der Waals surface area contributed by atoms with E-state index in [1.54, 1.807) is 17.7 Å². The number of carbonyl (C=O) groups is 1. The number of nitrogens with one attached hydrogen (secondary N) is 1. The molecule has 2 aromatic heterocycles. The minimum Gasteiger partial charge on any atom is -0.340 e. The molecule has 32 heavy (non-hydrogen) atoms. The molecule has 0 fully saturated rings. The van der Waals surface area contributed by atoms with Crippen LogP contribution in [-0.2, 0) is 24.2 Å². The first-order valence-electron chi connectivity index (χ1n) is 11.1. The summed E-state index contributed by atoms with van der Waals surface area (Å²) in [5, 5.41) is 4.61. The van der Waals surface area contributed by atoms with Crippen molar-refractivity contribution in [3.63, 3.8) is 0 Å². The number of benzene rings is 1. The molecule has 0 spiro atoms. The number of ketones is 1. The van der Waals surface area contributed by atoms with Gasteiger partial charge in [-0.3, -0.25) is 14.8 Å². The van der Waals surface area contributed by atoms with Gasteiger partial charge in [-0.15, -0.1) is 11.3 Å². The molecule has 160 valence electrons. The van der Waals surface area contributed by atoms with Crippen molar-refractivity contribution in [3.05, 3.63) is 58.2 Å². The number of fused-ring (bicyclic) bond motifs is 4. The lowest BCUT2D eigenvalue weighted by molar-refractivity contribution is -0.123. The lowest BCUT2D eigenvalue weighted by Gasteiger charge is -2.21. The molecule has 7 heteroatoms. The third-order valence-electron chi connectivity index (χ3n) is 6.54. The maximum atomic E-state index is 12.9. The van der Waals surface area contributed by atoms with Gasteiger partial charge in [0.2, 0.25) is 0 Å². The summed E-state index contributed by atoms with van der Waals surface area (Å²) in [4.78, 5) is 33.0. The molecule has 6 rings (SSSR count). The van der Waals surface area contributed by atoms with Crippen molar-refractivity contribution in [1.82, 2.24) is 9.97 Å². The van der Waals surface area contributed by atoms with Gasteiger partial charge in [-0.25, -0.2) is 9.97 Å². The molecule has 0 radical (unpaired) electrons. The zero-order valence-corrected chi connectivity index (χ0v) is 18.5. The number of rotatable bonds is 6. The van der Waals surface area contributed by atoms with Crippen molar-refractivity contribution >= 4 is 50.8 Å². The summed E-state index contributed by atoms with van der Waals surface area (Å²) >= 11 is 1.71. The number of hydrogen-bond acceptors (Lipinski definition) is 7. The predicted octanol–water partition coefficient (Wildman–Crippen LogP) is 4.83. The Morgan fingerprint density at radius 1 is 1.25 bits per heavy atom. The second-order valence-electron chi connectivity index (χ2n) is 8.56. The van der Waals surface area contributed by atoms with E-state index in [4.69, 9.17) is 0 Å². The van der Waals surface area contributed by atoms with Crippen LogP contribution in [-0.4, -0.2) is 34.2 Å². The number of carbonyl (C=O) groups excluding carboxylic acids is 1. The molecular weight excluding hydrogens is 418 g/mol. The molecule has 0 amide bonds. The van der Waals surface area contributed by atoms with Crippen molar-refractivity contribution in [2.24, 2.45) is 15.9 Å². The number of thiophene rings is 1. The number of aryl methyl sites for hydroxylation is 1. The Kier molecular flexibility index (Phi) is 4.91. The van der Waals surface area contributed by atoms with Gasteiger partial charge in [-0.1, -0.05) is 12.1 Å². The summed E-state index contributed by atoms with van der Waals surface area (Å²) in [6.07, 6.45) is 11.6. The predicted molar refractivity (Wildman–Crippen MR) is 130 cm³/mol. The standard InChI is InChI=1S/C25H23N5OS/c31-21(8-6-18-2-1-9-27-18)15-4-7-20-22(11-15)32-25-23(20)24(28-14-29-25)30-19-5-3-16-12-26-13-17(16)10-19/h1-3,5,10,13-15H,4,6-9,11-12H2,(H,28,29,30). The van der Waals surface area contributed by atoms with E-state index in [1.807, 2.05) is 18.4 Å². The highest BCUT2D eigenvalue weighted by Gasteiger charge is 2.29. The zero-order valence-electron chi connectivity index (χ0n) is 17.7. The summed E-state index contributed by atoms with van der Waals surface area (Å²) < 4.78 is 0. The van der Waals surface area contributed by atoms with E-state index in [0.717, 1.165) is 71.8 Å². The summed E-state index contributed by atoms with van der Waals surface area (Å²) in [6.45, 7) is 1.52. The third kappa shape index (κ3) is 3.56. The van der Waals surface area contributed by atoms with Gasteiger partial charge in [-0.05, 0) is 60.6 Å². The third-order valence-corrected chi connectivity index (χ3v) is 7.70. The number of aromatic nitrogens is 2. The molecule has 0 bridgehead atoms. The highest BCUT2D eigenvalue weighted by atomic mass is 32.1. The Bertz CT molecular complexity index is 1320. The second-order valence-corrected chi connectivity index (χ2v) is 9.64. The van der Waals surface area contributed by atoms with Gasteiger partial charge in [0.05, 0.1) is 18.5 Å². The molecule has 1 aliphatic carbocycles. The fourth-order valence-corrected chi connectivity index (χ4v) is 6.09. The van der Waals surface area contributed by atoms with E-state index in [-0.39, 0.29) is 5.92 Å². The van der Waals surface area contributed by atoms with Gasteiger partial charge in [0, 0.05) is 34.8 Å². The molecule has 1 atom stereocenters. The van der Waals surface area contributed by atoms with E-state index in [0.29, 0.717) is 12.2 Å². The van der Waals surface area contributed by atoms with E-state index in [1.165, 1.54) is 16.0 Å². The molecule has 2 aliphatic heterocycles. The summed E-state index contributed by atoms with van der Waals surface area (Å²) in [5.74, 6) is 1.31. The van der Waals surface area contributed by atoms with Gasteiger partial charge in [-0.2, -0.15) is 0 Å². The molecule has 1 aromatic carbocycles. The quantitative estimate of drug-likeness (QED) is 0.594. The van der Waals surface area contributed by atoms with Gasteiger partial charge in [0.25, 0.3) is 0 Å². The lowest BCUT2D eigenvalue weighted by atomic mass is 9.83. The molecular formula is C25H23N5OS. The monoisotopic (exact) mass is 441 g/mol. The van der Waals surface area contributed by atoms with Crippen LogP contribution in [0.25, 0.3) is 10.2 Å². The average molecular weight is 442 g/mol. The fraction of sp³-hybridized carbons (Fsp3) is 0.320. The minimum absolute atomic E-state index is 0.0990. The summed E-state index contributed by atoms with van der Waals surface area (Å²) in [5.41, 5.74) is 5.78. The van der Waals surface area contributed by atoms with Gasteiger partial charge in [0.15, 0.2) is 0 Å². The Morgan fingerprint density at radius 2 is 2.22 bits per heavy atom. The molecule has 0 saturated heterocycles. The Hall–Kier alpha value is -3.19. The van der Waals surface area contributed by atoms with Crippen molar-refractivity contribution in [1.29, 1.82) is 0 Å². The molecule has 3 aromatic rings. The normalized spacial score (nSPS) is 18.6. The van der Waals surface area contributed by atoms with Crippen molar-refractivity contribution in [2.45, 2.75) is 38.6 Å². The van der Waals surface area contributed by atoms with Gasteiger partial charge in [0.1, 0.15) is 22.8 Å². The first-order chi connectivity index (χ1) is 15.7. The summed E-state index contributed by atoms with van der Waals surface area (Å²) in [7, 11) is 0. The van der Waals surface area contributed by atoms with Crippen LogP contribution in [0.2, 0.25) is 0 Å². The van der Waals surface area contributed by atoms with Crippen LogP contribution in [0.4, 0.5) is 11.5 Å². The van der Waals surface area contributed by atoms with Crippen molar-refractivity contribution in [2.75, 3.05) is 11.9 Å². The number of allylic oxidation sites excluding steroid dienone is 1. The second kappa shape index (κ2) is 8.06. The maximum absolute atomic E-state index is 12.9. The topological polar surface area (TPSA) is 79.6 Å². The first-order valence-corrected chi connectivity index (χ1v) is 11.9. The molecule has 1 N–H and O–H groups in total. The highest BCUT2D eigenvalue weighted by molar-refractivity contribution is 7.19. The van der Waals surface area contributed by atoms with E-state index < -0.39 is 0 Å². The van der Waals surface area contributed by atoms with E-state index >= 15 is 0 Å². The van der Waals surface area contributed by atoms with Crippen LogP contribution < -0.4 is 5.32 Å².